The Labute approximate surface area is 102 Å². The van der Waals surface area contributed by atoms with Crippen LogP contribution in [0, 0.1) is 0 Å². The van der Waals surface area contributed by atoms with E-state index >= 15 is 0 Å². The van der Waals surface area contributed by atoms with Crippen molar-refractivity contribution in [1.82, 2.24) is 9.55 Å². The fourth-order valence-electron chi connectivity index (χ4n) is 1.47. The average Bonchev–Trinajstić information content (AvgIpc) is 2.81. The number of hydrogen-bond donors (Lipinski definition) is 2. The van der Waals surface area contributed by atoms with Crippen LogP contribution in [-0.4, -0.2) is 20.6 Å². The molecule has 0 aliphatic carbocycles. The summed E-state index contributed by atoms with van der Waals surface area (Å²) in [6, 6.07) is 3.84. The van der Waals surface area contributed by atoms with Gasteiger partial charge in [0, 0.05) is 12.4 Å². The third-order valence-electron chi connectivity index (χ3n) is 2.38. The van der Waals surface area contributed by atoms with E-state index in [0.717, 1.165) is 5.69 Å². The van der Waals surface area contributed by atoms with E-state index in [0.29, 0.717) is 10.6 Å². The molecule has 6 heteroatoms. The van der Waals surface area contributed by atoms with Crippen LogP contribution in [0.5, 0.6) is 0 Å². The van der Waals surface area contributed by atoms with Gasteiger partial charge in [-0.2, -0.15) is 0 Å². The van der Waals surface area contributed by atoms with E-state index in [1.807, 2.05) is 0 Å². The third kappa shape index (κ3) is 2.30. The lowest BCUT2D eigenvalue weighted by Crippen LogP contribution is -2.20. The van der Waals surface area contributed by atoms with E-state index in [4.69, 9.17) is 22.4 Å². The van der Waals surface area contributed by atoms with Crippen LogP contribution in [0.3, 0.4) is 0 Å². The molecular weight excluding hydrogens is 242 g/mol. The molecule has 3 N–H and O–H groups in total. The van der Waals surface area contributed by atoms with Crippen molar-refractivity contribution in [1.29, 1.82) is 0 Å². The van der Waals surface area contributed by atoms with Gasteiger partial charge in [0.15, 0.2) is 0 Å². The van der Waals surface area contributed by atoms with Gasteiger partial charge in [0.25, 0.3) is 0 Å². The van der Waals surface area contributed by atoms with Gasteiger partial charge in [0.05, 0.1) is 17.0 Å². The summed E-state index contributed by atoms with van der Waals surface area (Å²) in [4.78, 5) is 14.7. The second-order valence-electron chi connectivity index (χ2n) is 3.50. The first-order chi connectivity index (χ1) is 8.09. The zero-order valence-electron chi connectivity index (χ0n) is 8.75. The summed E-state index contributed by atoms with van der Waals surface area (Å²) in [5.74, 6) is -1.09. The van der Waals surface area contributed by atoms with Gasteiger partial charge in [0.1, 0.15) is 6.04 Å². The third-order valence-corrected chi connectivity index (χ3v) is 2.68. The Morgan fingerprint density at radius 1 is 1.53 bits per heavy atom. The number of carboxylic acid groups (broad SMARTS) is 1. The fourth-order valence-corrected chi connectivity index (χ4v) is 1.76. The molecule has 0 aliphatic rings. The summed E-state index contributed by atoms with van der Waals surface area (Å²) >= 11 is 6.07. The van der Waals surface area contributed by atoms with Crippen molar-refractivity contribution >= 4 is 17.6 Å². The molecule has 2 aromatic rings. The molecule has 0 aliphatic heterocycles. The normalized spacial score (nSPS) is 12.4. The van der Waals surface area contributed by atoms with Gasteiger partial charge >= 0.3 is 5.97 Å². The lowest BCUT2D eigenvalue weighted by Gasteiger charge is -2.10. The number of imidazole rings is 1. The lowest BCUT2D eigenvalue weighted by molar-refractivity contribution is -0.138. The standard InChI is InChI=1S/C11H10ClN3O2/c12-8-5-7(10(13)11(16)17)1-2-9(8)15-4-3-14-6-15/h1-6,10H,13H2,(H,16,17). The quantitative estimate of drug-likeness (QED) is 0.868. The van der Waals surface area contributed by atoms with Crippen molar-refractivity contribution in [2.45, 2.75) is 6.04 Å². The van der Waals surface area contributed by atoms with Crippen molar-refractivity contribution in [2.75, 3.05) is 0 Å². The Hall–Kier alpha value is -1.85. The number of carboxylic acids is 1. The summed E-state index contributed by atoms with van der Waals surface area (Å²) in [6.07, 6.45) is 4.99. The van der Waals surface area contributed by atoms with Crippen LogP contribution >= 0.6 is 11.6 Å². The molecule has 0 saturated carbocycles. The minimum atomic E-state index is -1.09. The smallest absolute Gasteiger partial charge is 0.325 e. The van der Waals surface area contributed by atoms with Crippen LogP contribution in [0.2, 0.25) is 5.02 Å². The zero-order valence-corrected chi connectivity index (χ0v) is 9.50. The van der Waals surface area contributed by atoms with Crippen LogP contribution in [-0.2, 0) is 4.79 Å². The predicted octanol–water partition coefficient (Wildman–Crippen LogP) is 1.61. The monoisotopic (exact) mass is 251 g/mol. The molecule has 0 fully saturated rings. The molecule has 88 valence electrons. The second kappa shape index (κ2) is 4.57. The average molecular weight is 252 g/mol. The highest BCUT2D eigenvalue weighted by Crippen LogP contribution is 2.24. The molecule has 1 aromatic heterocycles. The van der Waals surface area contributed by atoms with Gasteiger partial charge < -0.3 is 15.4 Å². The highest BCUT2D eigenvalue weighted by atomic mass is 35.5. The lowest BCUT2D eigenvalue weighted by atomic mass is 10.1. The Balaban J connectivity index is 2.39. The van der Waals surface area contributed by atoms with Gasteiger partial charge in [-0.3, -0.25) is 4.79 Å². The predicted molar refractivity (Wildman–Crippen MR) is 63.1 cm³/mol. The van der Waals surface area contributed by atoms with Crippen LogP contribution in [0.15, 0.2) is 36.9 Å². The molecule has 0 radical (unpaired) electrons. The topological polar surface area (TPSA) is 81.1 Å². The highest BCUT2D eigenvalue weighted by Gasteiger charge is 2.15. The van der Waals surface area contributed by atoms with Crippen LogP contribution in [0.4, 0.5) is 0 Å². The van der Waals surface area contributed by atoms with E-state index in [1.54, 1.807) is 41.5 Å². The number of halogens is 1. The molecule has 17 heavy (non-hydrogen) atoms. The number of rotatable bonds is 3. The number of nitrogens with two attached hydrogens (primary N) is 1. The Kier molecular flexibility index (Phi) is 3.12. The van der Waals surface area contributed by atoms with E-state index < -0.39 is 12.0 Å². The summed E-state index contributed by atoms with van der Waals surface area (Å²) in [7, 11) is 0. The van der Waals surface area contributed by atoms with Crippen molar-refractivity contribution < 1.29 is 9.90 Å². The molecule has 0 spiro atoms. The van der Waals surface area contributed by atoms with Gasteiger partial charge in [-0.15, -0.1) is 0 Å². The van der Waals surface area contributed by atoms with E-state index in [2.05, 4.69) is 4.98 Å². The van der Waals surface area contributed by atoms with Crippen molar-refractivity contribution in [3.63, 3.8) is 0 Å². The van der Waals surface area contributed by atoms with E-state index in [1.165, 1.54) is 0 Å². The maximum Gasteiger partial charge on any atom is 0.325 e. The number of carbonyl (C=O) groups is 1. The number of hydrogen-bond acceptors (Lipinski definition) is 3. The number of aromatic nitrogens is 2. The highest BCUT2D eigenvalue weighted by molar-refractivity contribution is 6.32. The summed E-state index contributed by atoms with van der Waals surface area (Å²) in [6.45, 7) is 0. The fraction of sp³-hybridized carbons (Fsp3) is 0.0909. The summed E-state index contributed by atoms with van der Waals surface area (Å²) in [5.41, 5.74) is 6.69. The molecule has 1 heterocycles. The first-order valence-electron chi connectivity index (χ1n) is 4.86. The number of nitrogens with zero attached hydrogens (tertiary/aromatic N) is 2. The molecule has 0 bridgehead atoms. The molecular formula is C11H10ClN3O2. The van der Waals surface area contributed by atoms with Crippen LogP contribution in [0.1, 0.15) is 11.6 Å². The second-order valence-corrected chi connectivity index (χ2v) is 3.90. The maximum absolute atomic E-state index is 10.7. The first kappa shape index (κ1) is 11.6. The Morgan fingerprint density at radius 2 is 2.29 bits per heavy atom. The Bertz CT molecular complexity index is 540. The minimum Gasteiger partial charge on any atom is -0.480 e. The van der Waals surface area contributed by atoms with Gasteiger partial charge in [-0.05, 0) is 17.7 Å². The zero-order chi connectivity index (χ0) is 12.4. The minimum absolute atomic E-state index is 0.428. The van der Waals surface area contributed by atoms with Gasteiger partial charge in [-0.25, -0.2) is 4.98 Å². The molecule has 1 unspecified atom stereocenters. The largest absolute Gasteiger partial charge is 0.480 e. The SMILES string of the molecule is NC(C(=O)O)c1ccc(-n2ccnc2)c(Cl)c1. The molecule has 0 saturated heterocycles. The van der Waals surface area contributed by atoms with Crippen LogP contribution in [0.25, 0.3) is 5.69 Å². The van der Waals surface area contributed by atoms with Gasteiger partial charge in [0.2, 0.25) is 0 Å². The maximum atomic E-state index is 10.7. The first-order valence-corrected chi connectivity index (χ1v) is 5.23. The number of benzene rings is 1. The van der Waals surface area contributed by atoms with Crippen molar-refractivity contribution in [3.8, 4) is 5.69 Å². The van der Waals surface area contributed by atoms with Crippen LogP contribution < -0.4 is 5.73 Å². The van der Waals surface area contributed by atoms with Crippen molar-refractivity contribution in [3.05, 3.63) is 47.5 Å². The molecule has 1 atom stereocenters. The molecule has 0 amide bonds. The Morgan fingerprint density at radius 3 is 2.82 bits per heavy atom. The van der Waals surface area contributed by atoms with E-state index in [-0.39, 0.29) is 0 Å². The molecule has 2 rings (SSSR count). The summed E-state index contributed by atoms with van der Waals surface area (Å²) < 4.78 is 1.73. The summed E-state index contributed by atoms with van der Waals surface area (Å²) in [5, 5.41) is 9.22. The number of aliphatic carboxylic acids is 1. The molecule has 5 nitrogen and oxygen atoms in total. The van der Waals surface area contributed by atoms with Crippen molar-refractivity contribution in [2.24, 2.45) is 5.73 Å². The molecule has 1 aromatic carbocycles. The van der Waals surface area contributed by atoms with Gasteiger partial charge in [-0.1, -0.05) is 17.7 Å². The van der Waals surface area contributed by atoms with E-state index in [9.17, 15) is 4.79 Å².